The van der Waals surface area contributed by atoms with Crippen LogP contribution in [0.3, 0.4) is 0 Å². The first-order chi connectivity index (χ1) is 12.4. The number of ether oxygens (including phenoxy) is 1. The highest BCUT2D eigenvalue weighted by Gasteiger charge is 2.76. The topological polar surface area (TPSA) is 69.9 Å². The number of aromatic hydroxyl groups is 1. The van der Waals surface area contributed by atoms with Gasteiger partial charge in [-0.2, -0.15) is 0 Å². The van der Waals surface area contributed by atoms with Crippen LogP contribution in [0.4, 0.5) is 0 Å². The molecule has 6 rings (SSSR count). The summed E-state index contributed by atoms with van der Waals surface area (Å²) in [6.45, 7) is 2.15. The Kier molecular flexibility index (Phi) is 3.65. The van der Waals surface area contributed by atoms with Crippen LogP contribution >= 0.6 is 0 Å². The lowest BCUT2D eigenvalue weighted by molar-refractivity contribution is -0.950. The fourth-order valence-corrected chi connectivity index (χ4v) is 7.13. The van der Waals surface area contributed by atoms with Gasteiger partial charge in [0.15, 0.2) is 11.5 Å². The molecule has 3 aliphatic carbocycles. The van der Waals surface area contributed by atoms with Gasteiger partial charge in [0.1, 0.15) is 17.7 Å². The number of likely N-dealkylation sites (N-methyl/N-ethyl adjacent to an activating group) is 1. The first-order valence-electron chi connectivity index (χ1n) is 10.2. The van der Waals surface area contributed by atoms with Crippen molar-refractivity contribution in [1.29, 1.82) is 0 Å². The Balaban J connectivity index is 0.00000160. The van der Waals surface area contributed by atoms with Gasteiger partial charge in [0.05, 0.1) is 31.7 Å². The Morgan fingerprint density at radius 3 is 2.74 bits per heavy atom. The van der Waals surface area contributed by atoms with Crippen LogP contribution in [0, 0.1) is 5.92 Å². The van der Waals surface area contributed by atoms with Crippen molar-refractivity contribution in [3.63, 3.8) is 0 Å². The number of hydrogen-bond acceptors (Lipinski definition) is 4. The first kappa shape index (κ1) is 18.2. The van der Waals surface area contributed by atoms with Crippen molar-refractivity contribution in [1.82, 2.24) is 0 Å². The van der Waals surface area contributed by atoms with E-state index in [9.17, 15) is 15.3 Å². The third-order valence-corrected chi connectivity index (χ3v) is 8.45. The van der Waals surface area contributed by atoms with Crippen molar-refractivity contribution < 1.29 is 41.5 Å². The smallest absolute Gasteiger partial charge is 0.165 e. The molecular formula is C21H28BrNO4. The van der Waals surface area contributed by atoms with Crippen molar-refractivity contribution >= 4 is 0 Å². The van der Waals surface area contributed by atoms with Gasteiger partial charge in [-0.05, 0) is 37.3 Å². The molecule has 5 nitrogen and oxygen atoms in total. The van der Waals surface area contributed by atoms with Crippen LogP contribution in [0.2, 0.25) is 0 Å². The minimum Gasteiger partial charge on any atom is -1.00 e. The zero-order valence-electron chi connectivity index (χ0n) is 15.7. The van der Waals surface area contributed by atoms with E-state index in [0.29, 0.717) is 18.6 Å². The molecular weight excluding hydrogens is 410 g/mol. The highest BCUT2D eigenvalue weighted by atomic mass is 79.9. The average molecular weight is 438 g/mol. The van der Waals surface area contributed by atoms with Crippen LogP contribution in [0.1, 0.15) is 43.2 Å². The highest BCUT2D eigenvalue weighted by molar-refractivity contribution is 5.62. The van der Waals surface area contributed by atoms with Gasteiger partial charge in [-0.25, -0.2) is 0 Å². The molecule has 6 atom stereocenters. The molecule has 0 amide bonds. The number of hydrogen-bond donors (Lipinski definition) is 3. The van der Waals surface area contributed by atoms with Gasteiger partial charge in [-0.1, -0.05) is 6.07 Å². The molecule has 148 valence electrons. The monoisotopic (exact) mass is 437 g/mol. The SMILES string of the molecule is C[N+]1(CC2CC2)CC[C@]23c4c5ccc(O)c4O[C@H]2[C@@H](O)CC[C@@]3(O)[C@H]1C5.[Br-]. The van der Waals surface area contributed by atoms with Gasteiger partial charge < -0.3 is 41.5 Å². The largest absolute Gasteiger partial charge is 1.00 e. The summed E-state index contributed by atoms with van der Waals surface area (Å²) >= 11 is 0. The minimum atomic E-state index is -0.870. The molecule has 3 fully saturated rings. The van der Waals surface area contributed by atoms with Crippen molar-refractivity contribution in [3.8, 4) is 11.5 Å². The molecule has 0 aromatic heterocycles. The van der Waals surface area contributed by atoms with E-state index in [2.05, 4.69) is 7.05 Å². The lowest BCUT2D eigenvalue weighted by Gasteiger charge is -2.65. The van der Waals surface area contributed by atoms with Gasteiger partial charge in [-0.3, -0.25) is 0 Å². The second-order valence-corrected chi connectivity index (χ2v) is 9.79. The molecule has 6 heteroatoms. The molecule has 2 aliphatic heterocycles. The second-order valence-electron chi connectivity index (χ2n) is 9.79. The van der Waals surface area contributed by atoms with E-state index in [0.717, 1.165) is 41.9 Å². The maximum Gasteiger partial charge on any atom is 0.165 e. The Hall–Kier alpha value is -0.820. The number of nitrogens with zero attached hydrogens (tertiary/aromatic N) is 1. The van der Waals surface area contributed by atoms with Crippen molar-refractivity contribution in [2.75, 3.05) is 20.1 Å². The Bertz CT molecular complexity index is 814. The Morgan fingerprint density at radius 2 is 2.00 bits per heavy atom. The van der Waals surface area contributed by atoms with Crippen molar-refractivity contribution in [3.05, 3.63) is 23.3 Å². The van der Waals surface area contributed by atoms with E-state index >= 15 is 0 Å². The first-order valence-corrected chi connectivity index (χ1v) is 10.2. The standard InChI is InChI=1S/C21H27NO4.BrH/c1-22(11-12-2-3-12)9-8-20-17-13-4-5-14(23)18(17)26-19(20)15(24)6-7-21(20,25)16(22)10-13;/h4-5,12,15-16,19,24-25H,2-3,6-11H2,1H3;1H/t15-,16+,19-,20-,21+,22?;/m0./s1. The van der Waals surface area contributed by atoms with Gasteiger partial charge in [0.2, 0.25) is 0 Å². The number of likely N-dealkylation sites (tertiary alicyclic amines) is 1. The number of benzene rings is 1. The van der Waals surface area contributed by atoms with Crippen LogP contribution in [-0.2, 0) is 11.8 Å². The molecule has 1 saturated heterocycles. The number of quaternary nitrogens is 1. The number of rotatable bonds is 2. The maximum atomic E-state index is 12.2. The van der Waals surface area contributed by atoms with E-state index in [1.54, 1.807) is 6.07 Å². The van der Waals surface area contributed by atoms with E-state index in [4.69, 9.17) is 4.74 Å². The zero-order valence-corrected chi connectivity index (χ0v) is 17.3. The van der Waals surface area contributed by atoms with E-state index < -0.39 is 23.2 Å². The molecule has 2 saturated carbocycles. The number of phenolic OH excluding ortho intramolecular Hbond substituents is 1. The van der Waals surface area contributed by atoms with Gasteiger partial charge in [0.25, 0.3) is 0 Å². The Labute approximate surface area is 170 Å². The molecule has 1 aromatic carbocycles. The molecule has 1 aromatic rings. The summed E-state index contributed by atoms with van der Waals surface area (Å²) < 4.78 is 7.11. The summed E-state index contributed by atoms with van der Waals surface area (Å²) in [5.74, 6) is 1.46. The highest BCUT2D eigenvalue weighted by Crippen LogP contribution is 2.66. The second kappa shape index (κ2) is 5.41. The quantitative estimate of drug-likeness (QED) is 0.490. The van der Waals surface area contributed by atoms with Crippen LogP contribution in [0.5, 0.6) is 11.5 Å². The molecule has 2 bridgehead atoms. The third kappa shape index (κ3) is 2.00. The number of phenols is 1. The summed E-state index contributed by atoms with van der Waals surface area (Å²) in [7, 11) is 2.33. The molecule has 5 aliphatic rings. The average Bonchev–Trinajstić information content (AvgIpc) is 3.32. The molecule has 2 heterocycles. The lowest BCUT2D eigenvalue weighted by atomic mass is 9.48. The fourth-order valence-electron chi connectivity index (χ4n) is 7.13. The molecule has 1 unspecified atom stereocenters. The fraction of sp³-hybridized carbons (Fsp3) is 0.714. The lowest BCUT2D eigenvalue weighted by Crippen LogP contribution is -3.00. The maximum absolute atomic E-state index is 12.2. The van der Waals surface area contributed by atoms with Crippen LogP contribution in [0.25, 0.3) is 0 Å². The number of aliphatic hydroxyl groups is 2. The van der Waals surface area contributed by atoms with Gasteiger partial charge >= 0.3 is 0 Å². The molecule has 1 spiro atoms. The normalized spacial score (nSPS) is 46.3. The number of piperidine rings is 1. The molecule has 0 radical (unpaired) electrons. The van der Waals surface area contributed by atoms with Crippen molar-refractivity contribution in [2.45, 2.75) is 67.8 Å². The Morgan fingerprint density at radius 1 is 1.22 bits per heavy atom. The minimum absolute atomic E-state index is 0. The van der Waals surface area contributed by atoms with Crippen LogP contribution in [0.15, 0.2) is 12.1 Å². The van der Waals surface area contributed by atoms with Gasteiger partial charge in [0, 0.05) is 24.3 Å². The summed E-state index contributed by atoms with van der Waals surface area (Å²) in [6, 6.07) is 3.88. The summed E-state index contributed by atoms with van der Waals surface area (Å²) in [5.41, 5.74) is 0.755. The van der Waals surface area contributed by atoms with E-state index in [1.807, 2.05) is 6.07 Å². The summed E-state index contributed by atoms with van der Waals surface area (Å²) in [6.07, 6.45) is 4.44. The third-order valence-electron chi connectivity index (χ3n) is 8.45. The van der Waals surface area contributed by atoms with Crippen LogP contribution in [-0.4, -0.2) is 63.8 Å². The van der Waals surface area contributed by atoms with E-state index in [-0.39, 0.29) is 28.8 Å². The van der Waals surface area contributed by atoms with Gasteiger partial charge in [-0.15, -0.1) is 0 Å². The van der Waals surface area contributed by atoms with Crippen molar-refractivity contribution in [2.24, 2.45) is 5.92 Å². The zero-order chi connectivity index (χ0) is 17.9. The van der Waals surface area contributed by atoms with Crippen LogP contribution < -0.4 is 21.7 Å². The molecule has 3 N–H and O–H groups in total. The molecule has 27 heavy (non-hydrogen) atoms. The predicted octanol–water partition coefficient (Wildman–Crippen LogP) is -1.53. The predicted molar refractivity (Wildman–Crippen MR) is 95.1 cm³/mol. The summed E-state index contributed by atoms with van der Waals surface area (Å²) in [4.78, 5) is 0. The number of halogens is 1. The summed E-state index contributed by atoms with van der Waals surface area (Å²) in [5, 5.41) is 33.4. The van der Waals surface area contributed by atoms with E-state index in [1.165, 1.54) is 18.4 Å². The number of aliphatic hydroxyl groups excluding tert-OH is 1.